The molecule has 142 valence electrons. The summed E-state index contributed by atoms with van der Waals surface area (Å²) in [6.07, 6.45) is 7.19. The summed E-state index contributed by atoms with van der Waals surface area (Å²) in [5.74, 6) is 0. The molecule has 2 nitrogen and oxygen atoms in total. The molecule has 0 aromatic heterocycles. The van der Waals surface area contributed by atoms with Crippen molar-refractivity contribution in [2.75, 3.05) is 0 Å². The molecule has 1 aliphatic heterocycles. The Balaban J connectivity index is 1.39. The molecule has 2 spiro atoms. The van der Waals surface area contributed by atoms with Gasteiger partial charge in [-0.15, -0.1) is 0 Å². The Kier molecular flexibility index (Phi) is 4.16. The van der Waals surface area contributed by atoms with Crippen molar-refractivity contribution in [2.45, 2.75) is 69.7 Å². The summed E-state index contributed by atoms with van der Waals surface area (Å²) in [6, 6.07) is 15.2. The largest absolute Gasteiger partial charge is 0.390 e. The summed E-state index contributed by atoms with van der Waals surface area (Å²) in [4.78, 5) is 0. The van der Waals surface area contributed by atoms with Crippen LogP contribution in [0.2, 0.25) is 5.02 Å². The van der Waals surface area contributed by atoms with E-state index in [1.54, 1.807) is 0 Å². The predicted molar refractivity (Wildman–Crippen MR) is 108 cm³/mol. The fourth-order valence-electron chi connectivity index (χ4n) is 4.84. The molecule has 3 fully saturated rings. The Hall–Kier alpha value is -1.35. The first-order valence-electron chi connectivity index (χ1n) is 10.2. The summed E-state index contributed by atoms with van der Waals surface area (Å²) in [7, 11) is 0. The van der Waals surface area contributed by atoms with Gasteiger partial charge < -0.3 is 9.84 Å². The zero-order valence-corrected chi connectivity index (χ0v) is 16.6. The van der Waals surface area contributed by atoms with E-state index < -0.39 is 0 Å². The highest BCUT2D eigenvalue weighted by Crippen LogP contribution is 2.66. The second-order valence-corrected chi connectivity index (χ2v) is 9.38. The van der Waals surface area contributed by atoms with Crippen LogP contribution in [-0.2, 0) is 17.6 Å². The second-order valence-electron chi connectivity index (χ2n) is 8.97. The highest BCUT2D eigenvalue weighted by molar-refractivity contribution is 6.31. The fraction of sp³-hybridized carbons (Fsp3) is 0.500. The van der Waals surface area contributed by atoms with Crippen LogP contribution in [0.25, 0.3) is 0 Å². The molecule has 2 aliphatic carbocycles. The Morgan fingerprint density at radius 3 is 2.41 bits per heavy atom. The van der Waals surface area contributed by atoms with E-state index >= 15 is 0 Å². The maximum absolute atomic E-state index is 10.2. The summed E-state index contributed by atoms with van der Waals surface area (Å²) >= 11 is 6.52. The van der Waals surface area contributed by atoms with E-state index in [0.717, 1.165) is 42.7 Å². The molecule has 2 aromatic carbocycles. The summed E-state index contributed by atoms with van der Waals surface area (Å²) in [6.45, 7) is 2.18. The van der Waals surface area contributed by atoms with E-state index in [0.29, 0.717) is 5.41 Å². The minimum atomic E-state index is -0.276. The maximum Gasteiger partial charge on any atom is 0.0980 e. The van der Waals surface area contributed by atoms with Gasteiger partial charge in [-0.1, -0.05) is 54.9 Å². The van der Waals surface area contributed by atoms with E-state index in [-0.39, 0.29) is 17.8 Å². The number of aryl methyl sites for hydroxylation is 1. The molecule has 2 aromatic rings. The van der Waals surface area contributed by atoms with Gasteiger partial charge in [-0.05, 0) is 72.3 Å². The van der Waals surface area contributed by atoms with Crippen molar-refractivity contribution in [1.82, 2.24) is 0 Å². The van der Waals surface area contributed by atoms with Crippen molar-refractivity contribution in [3.8, 4) is 0 Å². The van der Waals surface area contributed by atoms with Gasteiger partial charge in [0.2, 0.25) is 0 Å². The number of hydrogen-bond donors (Lipinski definition) is 1. The molecule has 3 heteroatoms. The first-order chi connectivity index (χ1) is 13.0. The van der Waals surface area contributed by atoms with Crippen LogP contribution in [0, 0.1) is 5.41 Å². The van der Waals surface area contributed by atoms with Crippen molar-refractivity contribution in [2.24, 2.45) is 5.41 Å². The van der Waals surface area contributed by atoms with Crippen molar-refractivity contribution < 1.29 is 9.84 Å². The lowest BCUT2D eigenvalue weighted by Crippen LogP contribution is -2.33. The standard InChI is InChI=1S/C24H27ClO2/c1-2-16-3-5-17(6-4-16)11-19-12-18(7-8-20(19)25)21-13-23(9-10-23)15-24(27-21)14-22(24)26/h3-8,12,21-22,26H,2,9-11,13-15H2,1H3/t21-,22+,24-/m1/s1. The van der Waals surface area contributed by atoms with E-state index in [9.17, 15) is 5.11 Å². The number of aliphatic hydroxyl groups is 1. The lowest BCUT2D eigenvalue weighted by atomic mass is 9.84. The van der Waals surface area contributed by atoms with Gasteiger partial charge in [0.05, 0.1) is 17.8 Å². The highest BCUT2D eigenvalue weighted by Gasteiger charge is 2.65. The van der Waals surface area contributed by atoms with Crippen LogP contribution in [0.15, 0.2) is 42.5 Å². The Morgan fingerprint density at radius 1 is 1.07 bits per heavy atom. The van der Waals surface area contributed by atoms with Gasteiger partial charge >= 0.3 is 0 Å². The summed E-state index contributed by atoms with van der Waals surface area (Å²) in [5.41, 5.74) is 5.15. The van der Waals surface area contributed by atoms with Crippen molar-refractivity contribution >= 4 is 11.6 Å². The van der Waals surface area contributed by atoms with Gasteiger partial charge in [-0.25, -0.2) is 0 Å². The normalized spacial score (nSPS) is 30.6. The van der Waals surface area contributed by atoms with Crippen LogP contribution < -0.4 is 0 Å². The third-order valence-electron chi connectivity index (χ3n) is 6.88. The lowest BCUT2D eigenvalue weighted by Gasteiger charge is -2.37. The lowest BCUT2D eigenvalue weighted by molar-refractivity contribution is -0.115. The molecule has 1 N–H and O–H groups in total. The Bertz CT molecular complexity index is 855. The number of rotatable bonds is 4. The average Bonchev–Trinajstić information content (AvgIpc) is 3.55. The second kappa shape index (κ2) is 6.34. The number of aliphatic hydroxyl groups excluding tert-OH is 1. The number of benzene rings is 2. The maximum atomic E-state index is 10.2. The molecule has 0 unspecified atom stereocenters. The van der Waals surface area contributed by atoms with Crippen LogP contribution in [0.4, 0.5) is 0 Å². The van der Waals surface area contributed by atoms with Gasteiger partial charge in [0.1, 0.15) is 0 Å². The van der Waals surface area contributed by atoms with Crippen LogP contribution >= 0.6 is 11.6 Å². The van der Waals surface area contributed by atoms with Crippen LogP contribution in [-0.4, -0.2) is 16.8 Å². The molecule has 1 heterocycles. The van der Waals surface area contributed by atoms with E-state index in [1.165, 1.54) is 29.5 Å². The molecular weight excluding hydrogens is 356 g/mol. The third-order valence-corrected chi connectivity index (χ3v) is 7.25. The van der Waals surface area contributed by atoms with E-state index in [1.807, 2.05) is 6.07 Å². The van der Waals surface area contributed by atoms with Crippen molar-refractivity contribution in [3.05, 3.63) is 69.7 Å². The zero-order chi connectivity index (χ0) is 18.6. The first kappa shape index (κ1) is 17.7. The third kappa shape index (κ3) is 3.33. The summed E-state index contributed by atoms with van der Waals surface area (Å²) < 4.78 is 6.44. The molecule has 3 aliphatic rings. The van der Waals surface area contributed by atoms with E-state index in [2.05, 4.69) is 43.3 Å². The molecule has 0 bridgehead atoms. The average molecular weight is 383 g/mol. The quantitative estimate of drug-likeness (QED) is 0.742. The SMILES string of the molecule is CCc1ccc(Cc2cc([C@H]3CC4(CC4)C[C@@]4(C[C@@H]4O)O3)ccc2Cl)cc1. The van der Waals surface area contributed by atoms with E-state index in [4.69, 9.17) is 16.3 Å². The van der Waals surface area contributed by atoms with Gasteiger partial charge in [-0.2, -0.15) is 0 Å². The first-order valence-corrected chi connectivity index (χ1v) is 10.6. The number of ether oxygens (including phenoxy) is 1. The van der Waals surface area contributed by atoms with Gasteiger partial charge in [0.15, 0.2) is 0 Å². The van der Waals surface area contributed by atoms with Crippen LogP contribution in [0.5, 0.6) is 0 Å². The minimum absolute atomic E-state index is 0.0804. The fourth-order valence-corrected chi connectivity index (χ4v) is 5.02. The topological polar surface area (TPSA) is 29.5 Å². The predicted octanol–water partition coefficient (Wildman–Crippen LogP) is 5.63. The van der Waals surface area contributed by atoms with Crippen molar-refractivity contribution in [3.63, 3.8) is 0 Å². The van der Waals surface area contributed by atoms with Crippen molar-refractivity contribution in [1.29, 1.82) is 0 Å². The molecule has 3 atom stereocenters. The highest BCUT2D eigenvalue weighted by atomic mass is 35.5. The number of halogens is 1. The molecule has 0 radical (unpaired) electrons. The smallest absolute Gasteiger partial charge is 0.0980 e. The monoisotopic (exact) mass is 382 g/mol. The molecule has 0 amide bonds. The molecule has 5 rings (SSSR count). The summed E-state index contributed by atoms with van der Waals surface area (Å²) in [5, 5.41) is 11.0. The van der Waals surface area contributed by atoms with Crippen LogP contribution in [0.1, 0.15) is 67.4 Å². The minimum Gasteiger partial charge on any atom is -0.390 e. The molecule has 1 saturated heterocycles. The zero-order valence-electron chi connectivity index (χ0n) is 15.9. The van der Waals surface area contributed by atoms with Gasteiger partial charge in [-0.3, -0.25) is 0 Å². The molecule has 2 saturated carbocycles. The Morgan fingerprint density at radius 2 is 1.78 bits per heavy atom. The van der Waals surface area contributed by atoms with Crippen LogP contribution in [0.3, 0.4) is 0 Å². The van der Waals surface area contributed by atoms with Gasteiger partial charge in [0.25, 0.3) is 0 Å². The molecular formula is C24H27ClO2. The molecule has 27 heavy (non-hydrogen) atoms. The number of hydrogen-bond acceptors (Lipinski definition) is 2. The van der Waals surface area contributed by atoms with Gasteiger partial charge in [0, 0.05) is 11.4 Å². The Labute approximate surface area is 166 Å².